The van der Waals surface area contributed by atoms with Gasteiger partial charge in [-0.1, -0.05) is 0 Å². The number of nitrogens with two attached hydrogens (primary N) is 1. The van der Waals surface area contributed by atoms with Crippen molar-refractivity contribution in [2.45, 2.75) is 13.3 Å². The monoisotopic (exact) mass is 417 g/mol. The number of aryl methyl sites for hydroxylation is 1. The van der Waals surface area contributed by atoms with E-state index in [4.69, 9.17) is 10.8 Å². The number of hydrogen-bond donors (Lipinski definition) is 5. The van der Waals surface area contributed by atoms with Crippen LogP contribution in [-0.2, 0) is 6.42 Å². The summed E-state index contributed by atoms with van der Waals surface area (Å²) in [5, 5.41) is 14.0. The van der Waals surface area contributed by atoms with Crippen molar-refractivity contribution >= 4 is 40.7 Å². The topological polar surface area (TPSA) is 150 Å². The molecule has 29 heavy (non-hydrogen) atoms. The minimum atomic E-state index is -1.03. The average Bonchev–Trinajstić information content (AvgIpc) is 3.26. The number of nitrogens with zero attached hydrogens (tertiary/aromatic N) is 1. The largest absolute Gasteiger partial charge is 0.477 e. The molecule has 0 fully saturated rings. The molecular formula is C18H16FN5O4S. The first kappa shape index (κ1) is 20.0. The molecule has 0 saturated carbocycles. The number of nitrogens with one attached hydrogen (secondary N) is 3. The summed E-state index contributed by atoms with van der Waals surface area (Å²) in [6.45, 7) is 1.56. The summed E-state index contributed by atoms with van der Waals surface area (Å²) in [7, 11) is 0. The molecule has 150 valence electrons. The molecule has 0 unspecified atom stereocenters. The number of benzene rings is 1. The van der Waals surface area contributed by atoms with Crippen LogP contribution in [0.2, 0.25) is 0 Å². The van der Waals surface area contributed by atoms with Crippen LogP contribution in [0.3, 0.4) is 0 Å². The molecule has 0 saturated heterocycles. The number of aromatic amines is 1. The highest BCUT2D eigenvalue weighted by Crippen LogP contribution is 2.21. The van der Waals surface area contributed by atoms with Crippen LogP contribution in [0.4, 0.5) is 20.7 Å². The Bertz CT molecular complexity index is 1110. The Kier molecular flexibility index (Phi) is 5.59. The molecule has 0 bridgehead atoms. The molecule has 0 spiro atoms. The minimum absolute atomic E-state index is 0.00107. The smallest absolute Gasteiger partial charge is 0.345 e. The van der Waals surface area contributed by atoms with E-state index in [1.165, 1.54) is 24.3 Å². The number of carbonyl (C=O) groups excluding carboxylic acids is 2. The molecule has 0 aliphatic rings. The number of H-pyrrole nitrogens is 1. The van der Waals surface area contributed by atoms with Gasteiger partial charge in [0.2, 0.25) is 0 Å². The Balaban J connectivity index is 1.75. The van der Waals surface area contributed by atoms with Crippen molar-refractivity contribution in [2.24, 2.45) is 5.73 Å². The fourth-order valence-corrected chi connectivity index (χ4v) is 3.38. The molecule has 0 aliphatic heterocycles. The van der Waals surface area contributed by atoms with Gasteiger partial charge < -0.3 is 21.1 Å². The van der Waals surface area contributed by atoms with Crippen LogP contribution in [0.25, 0.3) is 0 Å². The molecule has 2 aromatic heterocycles. The van der Waals surface area contributed by atoms with Crippen LogP contribution in [-0.4, -0.2) is 33.0 Å². The molecule has 9 nitrogen and oxygen atoms in total. The number of imidazole rings is 1. The molecule has 1 aromatic carbocycles. The maximum absolute atomic E-state index is 13.3. The standard InChI is InChI=1S/C18H16FN5O4S/c1-8-6-9(2-4-11(8)19)21-18(28)24-16-14(15(20)25)22-13(23-16)7-10-3-5-12(29-10)17(26)27/h2-6H,7H2,1H3,(H2,20,25)(H,22,23)(H,26,27)(H2,21,24,28). The van der Waals surface area contributed by atoms with Gasteiger partial charge in [-0.3, -0.25) is 10.1 Å². The predicted molar refractivity (Wildman–Crippen MR) is 105 cm³/mol. The lowest BCUT2D eigenvalue weighted by Gasteiger charge is -2.08. The molecule has 3 aromatic rings. The third-order valence-corrected chi connectivity index (χ3v) is 4.93. The Hall–Kier alpha value is -3.73. The Morgan fingerprint density at radius 3 is 2.62 bits per heavy atom. The number of urea groups is 1. The zero-order chi connectivity index (χ0) is 21.1. The number of thiophene rings is 1. The molecular weight excluding hydrogens is 401 g/mol. The van der Waals surface area contributed by atoms with Crippen LogP contribution in [0, 0.1) is 12.7 Å². The van der Waals surface area contributed by atoms with Crippen LogP contribution in [0.15, 0.2) is 30.3 Å². The van der Waals surface area contributed by atoms with Crippen molar-refractivity contribution < 1.29 is 23.9 Å². The minimum Gasteiger partial charge on any atom is -0.477 e. The predicted octanol–water partition coefficient (Wildman–Crippen LogP) is 2.95. The summed E-state index contributed by atoms with van der Waals surface area (Å²) in [4.78, 5) is 42.6. The zero-order valence-corrected chi connectivity index (χ0v) is 15.9. The van der Waals surface area contributed by atoms with Crippen molar-refractivity contribution in [3.63, 3.8) is 0 Å². The second kappa shape index (κ2) is 8.10. The first-order chi connectivity index (χ1) is 13.7. The number of halogens is 1. The quantitative estimate of drug-likeness (QED) is 0.418. The summed E-state index contributed by atoms with van der Waals surface area (Å²) in [5.41, 5.74) is 5.88. The van der Waals surface area contributed by atoms with Gasteiger partial charge in [0.1, 0.15) is 22.3 Å². The maximum atomic E-state index is 13.3. The average molecular weight is 417 g/mol. The normalized spacial score (nSPS) is 10.6. The molecule has 2 heterocycles. The van der Waals surface area contributed by atoms with Crippen molar-refractivity contribution in [1.82, 2.24) is 9.97 Å². The van der Waals surface area contributed by atoms with E-state index in [-0.39, 0.29) is 22.8 Å². The van der Waals surface area contributed by atoms with E-state index in [1.807, 2.05) is 0 Å². The first-order valence-electron chi connectivity index (χ1n) is 8.27. The molecule has 6 N–H and O–H groups in total. The fourth-order valence-electron chi connectivity index (χ4n) is 2.53. The van der Waals surface area contributed by atoms with E-state index in [0.717, 1.165) is 11.3 Å². The van der Waals surface area contributed by atoms with Crippen molar-refractivity contribution in [2.75, 3.05) is 10.6 Å². The second-order valence-electron chi connectivity index (χ2n) is 6.06. The first-order valence-corrected chi connectivity index (χ1v) is 9.09. The molecule has 0 aliphatic carbocycles. The van der Waals surface area contributed by atoms with Gasteiger partial charge >= 0.3 is 12.0 Å². The summed E-state index contributed by atoms with van der Waals surface area (Å²) in [6.07, 6.45) is 0.221. The van der Waals surface area contributed by atoms with Crippen LogP contribution in [0.1, 0.15) is 36.4 Å². The third kappa shape index (κ3) is 4.76. The Morgan fingerprint density at radius 2 is 2.00 bits per heavy atom. The van der Waals surface area contributed by atoms with Crippen molar-refractivity contribution in [1.29, 1.82) is 0 Å². The second-order valence-corrected chi connectivity index (χ2v) is 7.23. The summed E-state index contributed by atoms with van der Waals surface area (Å²) >= 11 is 1.07. The number of aromatic carboxylic acids is 1. The van der Waals surface area contributed by atoms with Gasteiger partial charge in [0.05, 0.1) is 0 Å². The van der Waals surface area contributed by atoms with Crippen LogP contribution in [0.5, 0.6) is 0 Å². The number of hydrogen-bond acceptors (Lipinski definition) is 5. The van der Waals surface area contributed by atoms with E-state index >= 15 is 0 Å². The molecule has 0 radical (unpaired) electrons. The van der Waals surface area contributed by atoms with Crippen LogP contribution < -0.4 is 16.4 Å². The lowest BCUT2D eigenvalue weighted by Crippen LogP contribution is -2.22. The number of amides is 3. The van der Waals surface area contributed by atoms with E-state index in [2.05, 4.69) is 20.6 Å². The number of primary amides is 1. The molecule has 3 rings (SSSR count). The van der Waals surface area contributed by atoms with Crippen molar-refractivity contribution in [3.05, 3.63) is 63.0 Å². The van der Waals surface area contributed by atoms with Gasteiger partial charge in [-0.25, -0.2) is 19.0 Å². The molecule has 3 amide bonds. The highest BCUT2D eigenvalue weighted by molar-refractivity contribution is 7.13. The zero-order valence-electron chi connectivity index (χ0n) is 15.1. The third-order valence-electron chi connectivity index (χ3n) is 3.85. The van der Waals surface area contributed by atoms with E-state index < -0.39 is 23.7 Å². The number of carboxylic acids is 1. The molecule has 11 heteroatoms. The Labute approximate surface area is 167 Å². The van der Waals surface area contributed by atoms with E-state index in [9.17, 15) is 18.8 Å². The highest BCUT2D eigenvalue weighted by atomic mass is 32.1. The molecule has 0 atom stereocenters. The number of rotatable bonds is 6. The SMILES string of the molecule is Cc1cc(NC(=O)Nc2[nH]c(Cc3ccc(C(=O)O)s3)nc2C(N)=O)ccc1F. The Morgan fingerprint density at radius 1 is 1.24 bits per heavy atom. The summed E-state index contributed by atoms with van der Waals surface area (Å²) < 4.78 is 13.3. The number of anilines is 2. The highest BCUT2D eigenvalue weighted by Gasteiger charge is 2.18. The van der Waals surface area contributed by atoms with Crippen LogP contribution >= 0.6 is 11.3 Å². The lowest BCUT2D eigenvalue weighted by atomic mass is 10.2. The van der Waals surface area contributed by atoms with Gasteiger partial charge in [-0.15, -0.1) is 11.3 Å². The number of carboxylic acid groups (broad SMARTS) is 1. The summed E-state index contributed by atoms with van der Waals surface area (Å²) in [5.74, 6) is -1.96. The van der Waals surface area contributed by atoms with E-state index in [1.54, 1.807) is 13.0 Å². The van der Waals surface area contributed by atoms with Gasteiger partial charge in [-0.2, -0.15) is 0 Å². The lowest BCUT2D eigenvalue weighted by molar-refractivity contribution is 0.0702. The number of aromatic nitrogens is 2. The number of carbonyl (C=O) groups is 3. The summed E-state index contributed by atoms with van der Waals surface area (Å²) in [6, 6.07) is 6.50. The fraction of sp³-hybridized carbons (Fsp3) is 0.111. The van der Waals surface area contributed by atoms with Crippen molar-refractivity contribution in [3.8, 4) is 0 Å². The van der Waals surface area contributed by atoms with Gasteiger partial charge in [0.25, 0.3) is 5.91 Å². The van der Waals surface area contributed by atoms with E-state index in [0.29, 0.717) is 22.0 Å². The van der Waals surface area contributed by atoms with Gasteiger partial charge in [-0.05, 0) is 42.8 Å². The van der Waals surface area contributed by atoms with Gasteiger partial charge in [0.15, 0.2) is 5.69 Å². The maximum Gasteiger partial charge on any atom is 0.345 e. The van der Waals surface area contributed by atoms with Gasteiger partial charge in [0, 0.05) is 17.0 Å².